The van der Waals surface area contributed by atoms with Crippen molar-refractivity contribution in [3.63, 3.8) is 0 Å². The Bertz CT molecular complexity index is 1200. The van der Waals surface area contributed by atoms with E-state index < -0.39 is 40.4 Å². The van der Waals surface area contributed by atoms with Crippen LogP contribution in [0.5, 0.6) is 0 Å². The lowest BCUT2D eigenvalue weighted by Gasteiger charge is -2.43. The van der Waals surface area contributed by atoms with Gasteiger partial charge in [-0.25, -0.2) is 5.01 Å². The first kappa shape index (κ1) is 30.8. The number of hydrogen-bond acceptors (Lipinski definition) is 7. The molecule has 8 nitrogen and oxygen atoms in total. The van der Waals surface area contributed by atoms with Crippen molar-refractivity contribution in [3.8, 4) is 0 Å². The quantitative estimate of drug-likeness (QED) is 0.500. The zero-order valence-corrected chi connectivity index (χ0v) is 24.0. The lowest BCUT2D eigenvalue weighted by atomic mass is 10.1. The fraction of sp³-hybridized carbons (Fsp3) is 0.556. The van der Waals surface area contributed by atoms with Crippen LogP contribution in [0.1, 0.15) is 87.7 Å². The zero-order valence-electron chi connectivity index (χ0n) is 23.3. The molecule has 3 atom stereocenters. The molecule has 39 heavy (non-hydrogen) atoms. The van der Waals surface area contributed by atoms with Crippen molar-refractivity contribution < 1.29 is 23.1 Å². The zero-order chi connectivity index (χ0) is 29.3. The summed E-state index contributed by atoms with van der Waals surface area (Å²) in [6.45, 7) is 11.2. The number of aromatic nitrogens is 2. The van der Waals surface area contributed by atoms with E-state index in [2.05, 4.69) is 9.97 Å². The van der Waals surface area contributed by atoms with Gasteiger partial charge in [0.2, 0.25) is 0 Å². The van der Waals surface area contributed by atoms with E-state index in [-0.39, 0.29) is 11.6 Å². The van der Waals surface area contributed by atoms with Gasteiger partial charge < -0.3 is 5.11 Å². The molecule has 1 aromatic carbocycles. The number of nitrogens with zero attached hydrogens (tertiary/aromatic N) is 6. The van der Waals surface area contributed by atoms with Crippen LogP contribution >= 0.6 is 11.6 Å². The predicted molar refractivity (Wildman–Crippen MR) is 144 cm³/mol. The molecule has 0 saturated heterocycles. The van der Waals surface area contributed by atoms with Crippen LogP contribution < -0.4 is 0 Å². The number of halogens is 4. The Balaban J connectivity index is 2.13. The Morgan fingerprint density at radius 1 is 1.18 bits per heavy atom. The largest absolute Gasteiger partial charge is 0.417 e. The third-order valence-corrected chi connectivity index (χ3v) is 7.25. The number of rotatable bonds is 5. The van der Waals surface area contributed by atoms with Gasteiger partial charge in [0.05, 0.1) is 52.5 Å². The summed E-state index contributed by atoms with van der Waals surface area (Å²) >= 11 is 5.84. The molecule has 0 unspecified atom stereocenters. The summed E-state index contributed by atoms with van der Waals surface area (Å²) in [6, 6.07) is 2.12. The smallest absolute Gasteiger partial charge is 0.384 e. The van der Waals surface area contributed by atoms with Crippen LogP contribution in [0.3, 0.4) is 0 Å². The van der Waals surface area contributed by atoms with Gasteiger partial charge in [-0.15, -0.1) is 0 Å². The highest BCUT2D eigenvalue weighted by atomic mass is 35.5. The molecular weight excluding hydrogens is 533 g/mol. The molecule has 1 aromatic heterocycles. The van der Waals surface area contributed by atoms with Gasteiger partial charge in [-0.05, 0) is 59.2 Å². The molecule has 1 aliphatic heterocycles. The van der Waals surface area contributed by atoms with Crippen molar-refractivity contribution in [2.75, 3.05) is 13.6 Å². The molecule has 1 amide bonds. The molecule has 0 saturated carbocycles. The number of amides is 1. The van der Waals surface area contributed by atoms with Gasteiger partial charge in [-0.2, -0.15) is 18.3 Å². The first-order chi connectivity index (χ1) is 18.0. The summed E-state index contributed by atoms with van der Waals surface area (Å²) in [5.74, 6) is -0.593. The Kier molecular flexibility index (Phi) is 9.29. The fourth-order valence-corrected chi connectivity index (χ4v) is 4.65. The van der Waals surface area contributed by atoms with Gasteiger partial charge in [0.1, 0.15) is 5.60 Å². The van der Waals surface area contributed by atoms with Crippen LogP contribution in [0.2, 0.25) is 5.02 Å². The van der Waals surface area contributed by atoms with E-state index in [4.69, 9.17) is 16.7 Å². The summed E-state index contributed by atoms with van der Waals surface area (Å²) < 4.78 is 40.9. The molecule has 0 bridgehead atoms. The van der Waals surface area contributed by atoms with Gasteiger partial charge in [-0.1, -0.05) is 18.5 Å². The number of hydrazine groups is 1. The maximum atomic E-state index is 14.0. The van der Waals surface area contributed by atoms with E-state index in [1.54, 1.807) is 20.0 Å². The maximum Gasteiger partial charge on any atom is 0.417 e. The molecule has 0 radical (unpaired) electrons. The second-order valence-corrected chi connectivity index (χ2v) is 10.9. The number of carbonyl (C=O) groups excluding carboxylic acids is 1. The summed E-state index contributed by atoms with van der Waals surface area (Å²) in [5.41, 5.74) is -0.590. The highest BCUT2D eigenvalue weighted by molar-refractivity contribution is 6.31. The third kappa shape index (κ3) is 7.06. The van der Waals surface area contributed by atoms with Crippen molar-refractivity contribution in [2.24, 2.45) is 5.10 Å². The van der Waals surface area contributed by atoms with Gasteiger partial charge >= 0.3 is 6.18 Å². The second kappa shape index (κ2) is 11.8. The van der Waals surface area contributed by atoms with E-state index in [9.17, 15) is 23.1 Å². The molecule has 12 heteroatoms. The number of hydrazone groups is 1. The normalized spacial score (nSPS) is 22.0. The summed E-state index contributed by atoms with van der Waals surface area (Å²) in [7, 11) is 1.86. The monoisotopic (exact) mass is 568 g/mol. The van der Waals surface area contributed by atoms with Crippen LogP contribution in [0, 0.1) is 0 Å². The van der Waals surface area contributed by atoms with Crippen molar-refractivity contribution in [1.82, 2.24) is 25.0 Å². The topological polar surface area (TPSA) is 85.2 Å². The molecule has 214 valence electrons. The Morgan fingerprint density at radius 3 is 2.38 bits per heavy atom. The van der Waals surface area contributed by atoms with Crippen LogP contribution in [-0.2, 0) is 11.8 Å². The number of aliphatic hydroxyl groups is 1. The van der Waals surface area contributed by atoms with E-state index in [0.29, 0.717) is 30.8 Å². The summed E-state index contributed by atoms with van der Waals surface area (Å²) in [4.78, 5) is 22.9. The minimum Gasteiger partial charge on any atom is -0.384 e. The van der Waals surface area contributed by atoms with Crippen LogP contribution in [0.25, 0.3) is 0 Å². The van der Waals surface area contributed by atoms with Crippen molar-refractivity contribution >= 4 is 23.2 Å². The Morgan fingerprint density at radius 2 is 1.85 bits per heavy atom. The number of hydrogen-bond donors (Lipinski definition) is 1. The van der Waals surface area contributed by atoms with E-state index in [0.717, 1.165) is 17.8 Å². The molecule has 1 aliphatic rings. The van der Waals surface area contributed by atoms with E-state index in [1.807, 2.05) is 44.8 Å². The Labute approximate surface area is 232 Å². The van der Waals surface area contributed by atoms with Crippen LogP contribution in [0.4, 0.5) is 13.2 Å². The average molecular weight is 569 g/mol. The van der Waals surface area contributed by atoms with Gasteiger partial charge in [-0.3, -0.25) is 24.8 Å². The van der Waals surface area contributed by atoms with Gasteiger partial charge in [0.15, 0.2) is 0 Å². The predicted octanol–water partition coefficient (Wildman–Crippen LogP) is 5.68. The number of carbonyl (C=O) groups is 1. The molecule has 2 aromatic rings. The highest BCUT2D eigenvalue weighted by Gasteiger charge is 2.38. The molecule has 3 rings (SSSR count). The van der Waals surface area contributed by atoms with E-state index >= 15 is 0 Å². The lowest BCUT2D eigenvalue weighted by Crippen LogP contribution is -2.55. The molecule has 1 N–H and O–H groups in total. The molecule has 0 aliphatic carbocycles. The van der Waals surface area contributed by atoms with Crippen molar-refractivity contribution in [3.05, 3.63) is 58.1 Å². The maximum absolute atomic E-state index is 14.0. The summed E-state index contributed by atoms with van der Waals surface area (Å²) in [5, 5.41) is 19.7. The lowest BCUT2D eigenvalue weighted by molar-refractivity contribution is -0.137. The number of benzene rings is 1. The van der Waals surface area contributed by atoms with Crippen LogP contribution in [0.15, 0.2) is 35.7 Å². The number of alkyl halides is 3. The molecule has 0 fully saturated rings. The second-order valence-electron chi connectivity index (χ2n) is 10.5. The fourth-order valence-electron chi connectivity index (χ4n) is 4.43. The first-order valence-corrected chi connectivity index (χ1v) is 13.2. The Hall–Kier alpha value is -2.76. The minimum absolute atomic E-state index is 0.130. The van der Waals surface area contributed by atoms with Gasteiger partial charge in [0, 0.05) is 31.3 Å². The standard InChI is InChI=1S/C27H36ClF3N6O2/c1-8-20-11-16(2)37(25(38)19-9-10-22(28)21(12-19)27(29,30)31)36(15-17(3)35(7)34-20)18(4)23-13-33-24(14-32-23)26(5,6)39/h9-10,12-14,16-18,39H,8,11,15H2,1-7H3/b34-20+/t16-,17-,18-/m1/s1. The SMILES string of the molecule is CC/C1=N\N(C)[C@H](C)CN([C@H](C)c2cnc(C(C)(C)O)cn2)N(C(=O)c2ccc(Cl)c(C(F)(F)F)c2)[C@H](C)C1. The highest BCUT2D eigenvalue weighted by Crippen LogP contribution is 2.36. The molecule has 2 heterocycles. The van der Waals surface area contributed by atoms with Crippen molar-refractivity contribution in [1.29, 1.82) is 0 Å². The van der Waals surface area contributed by atoms with E-state index in [1.165, 1.54) is 17.3 Å². The van der Waals surface area contributed by atoms with Crippen molar-refractivity contribution in [2.45, 2.75) is 84.3 Å². The molecule has 0 spiro atoms. The van der Waals surface area contributed by atoms with Crippen LogP contribution in [-0.4, -0.2) is 67.4 Å². The average Bonchev–Trinajstić information content (AvgIpc) is 2.90. The third-order valence-electron chi connectivity index (χ3n) is 6.92. The summed E-state index contributed by atoms with van der Waals surface area (Å²) in [6.07, 6.45) is -0.602. The first-order valence-electron chi connectivity index (χ1n) is 12.8. The minimum atomic E-state index is -4.71. The molecular formula is C27H36ClF3N6O2. The number of likely N-dealkylation sites (N-methyl/N-ethyl adjacent to an activating group) is 1. The van der Waals surface area contributed by atoms with Gasteiger partial charge in [0.25, 0.3) is 5.91 Å².